The number of hydrogen-bond donors (Lipinski definition) is 2. The van der Waals surface area contributed by atoms with E-state index in [4.69, 9.17) is 10.5 Å². The largest absolute Gasteiger partial charge is 0.493 e. The Bertz CT molecular complexity index is 530. The Morgan fingerprint density at radius 1 is 1.41 bits per heavy atom. The molecule has 0 saturated heterocycles. The van der Waals surface area contributed by atoms with Gasteiger partial charge in [0.25, 0.3) is 0 Å². The van der Waals surface area contributed by atoms with Crippen molar-refractivity contribution in [1.29, 1.82) is 0 Å². The molecule has 4 nitrogen and oxygen atoms in total. The van der Waals surface area contributed by atoms with E-state index < -0.39 is 6.04 Å². The minimum Gasteiger partial charge on any atom is -0.493 e. The molecule has 1 aromatic rings. The van der Waals surface area contributed by atoms with Crippen LogP contribution in [0.15, 0.2) is 18.2 Å². The van der Waals surface area contributed by atoms with E-state index in [9.17, 15) is 4.79 Å². The standard InChI is InChI=1S/C18H28N2O2/c1-12-5-8-14(15(9-12)22-11-13-6-7-13)10-20-17(21)16(19)18(2,3)4/h5,8-9,13,16H,6-7,10-11,19H2,1-4H3,(H,20,21)/t16-/m1/s1. The van der Waals surface area contributed by atoms with Crippen LogP contribution in [-0.2, 0) is 11.3 Å². The predicted molar refractivity (Wildman–Crippen MR) is 88.7 cm³/mol. The van der Waals surface area contributed by atoms with Gasteiger partial charge in [-0.15, -0.1) is 0 Å². The van der Waals surface area contributed by atoms with Gasteiger partial charge in [-0.1, -0.05) is 32.9 Å². The number of carbonyl (C=O) groups is 1. The molecule has 3 N–H and O–H groups in total. The van der Waals surface area contributed by atoms with E-state index in [1.54, 1.807) is 0 Å². The third kappa shape index (κ3) is 4.73. The average Bonchev–Trinajstić information content (AvgIpc) is 3.26. The molecule has 1 aliphatic rings. The van der Waals surface area contributed by atoms with Crippen molar-refractivity contribution < 1.29 is 9.53 Å². The Kier molecular flexibility index (Phi) is 5.12. The molecule has 1 saturated carbocycles. The minimum atomic E-state index is -0.520. The third-order valence-corrected chi connectivity index (χ3v) is 4.06. The van der Waals surface area contributed by atoms with Gasteiger partial charge in [-0.25, -0.2) is 0 Å². The Balaban J connectivity index is 1.97. The van der Waals surface area contributed by atoms with Crippen LogP contribution in [0.2, 0.25) is 0 Å². The van der Waals surface area contributed by atoms with Crippen LogP contribution in [0, 0.1) is 18.3 Å². The summed E-state index contributed by atoms with van der Waals surface area (Å²) in [5.41, 5.74) is 7.90. The van der Waals surface area contributed by atoms with E-state index in [-0.39, 0.29) is 11.3 Å². The molecule has 122 valence electrons. The van der Waals surface area contributed by atoms with Gasteiger partial charge in [-0.2, -0.15) is 0 Å². The molecule has 0 spiro atoms. The fraction of sp³-hybridized carbons (Fsp3) is 0.611. The molecule has 0 unspecified atom stereocenters. The Morgan fingerprint density at radius 2 is 2.09 bits per heavy atom. The fourth-order valence-electron chi connectivity index (χ4n) is 2.12. The highest BCUT2D eigenvalue weighted by atomic mass is 16.5. The molecule has 4 heteroatoms. The second-order valence-corrected chi connectivity index (χ2v) is 7.43. The van der Waals surface area contributed by atoms with E-state index in [1.807, 2.05) is 45.9 Å². The topological polar surface area (TPSA) is 64.4 Å². The molecule has 22 heavy (non-hydrogen) atoms. The molecule has 1 atom stereocenters. The van der Waals surface area contributed by atoms with E-state index in [0.29, 0.717) is 12.5 Å². The summed E-state index contributed by atoms with van der Waals surface area (Å²) in [7, 11) is 0. The van der Waals surface area contributed by atoms with Crippen LogP contribution in [0.25, 0.3) is 0 Å². The second-order valence-electron chi connectivity index (χ2n) is 7.43. The van der Waals surface area contributed by atoms with Crippen molar-refractivity contribution in [2.45, 2.75) is 53.1 Å². The van der Waals surface area contributed by atoms with E-state index in [0.717, 1.165) is 23.5 Å². The summed E-state index contributed by atoms with van der Waals surface area (Å²) >= 11 is 0. The first-order valence-electron chi connectivity index (χ1n) is 8.03. The molecule has 1 amide bonds. The summed E-state index contributed by atoms with van der Waals surface area (Å²) in [6, 6.07) is 5.57. The Morgan fingerprint density at radius 3 is 2.68 bits per heavy atom. The number of carbonyl (C=O) groups excluding carboxylic acids is 1. The molecule has 2 rings (SSSR count). The quantitative estimate of drug-likeness (QED) is 0.849. The van der Waals surface area contributed by atoms with Gasteiger partial charge in [-0.3, -0.25) is 4.79 Å². The summed E-state index contributed by atoms with van der Waals surface area (Å²) in [5, 5.41) is 2.92. The smallest absolute Gasteiger partial charge is 0.237 e. The van der Waals surface area contributed by atoms with Crippen LogP contribution in [0.5, 0.6) is 5.75 Å². The molecule has 1 aromatic carbocycles. The van der Waals surface area contributed by atoms with Gasteiger partial charge in [0.05, 0.1) is 12.6 Å². The summed E-state index contributed by atoms with van der Waals surface area (Å²) in [6.07, 6.45) is 2.52. The van der Waals surface area contributed by atoms with Gasteiger partial charge in [-0.05, 0) is 42.7 Å². The zero-order valence-electron chi connectivity index (χ0n) is 14.1. The SMILES string of the molecule is Cc1ccc(CNC(=O)[C@@H](N)C(C)(C)C)c(OCC2CC2)c1. The second kappa shape index (κ2) is 6.69. The zero-order chi connectivity index (χ0) is 16.3. The lowest BCUT2D eigenvalue weighted by Gasteiger charge is -2.26. The number of amides is 1. The maximum atomic E-state index is 12.1. The van der Waals surface area contributed by atoms with Crippen molar-refractivity contribution in [3.8, 4) is 5.75 Å². The molecule has 0 heterocycles. The molecule has 1 aliphatic carbocycles. The van der Waals surface area contributed by atoms with Crippen LogP contribution in [0.1, 0.15) is 44.7 Å². The first-order chi connectivity index (χ1) is 10.3. The summed E-state index contributed by atoms with van der Waals surface area (Å²) in [6.45, 7) is 9.16. The summed E-state index contributed by atoms with van der Waals surface area (Å²) < 4.78 is 5.92. The van der Waals surface area contributed by atoms with Crippen molar-refractivity contribution in [3.05, 3.63) is 29.3 Å². The number of ether oxygens (including phenoxy) is 1. The molecule has 0 bridgehead atoms. The lowest BCUT2D eigenvalue weighted by Crippen LogP contribution is -2.48. The monoisotopic (exact) mass is 304 g/mol. The molecule has 0 aromatic heterocycles. The molecule has 1 fully saturated rings. The maximum absolute atomic E-state index is 12.1. The zero-order valence-corrected chi connectivity index (χ0v) is 14.1. The van der Waals surface area contributed by atoms with Crippen LogP contribution in [0.3, 0.4) is 0 Å². The van der Waals surface area contributed by atoms with E-state index in [1.165, 1.54) is 12.8 Å². The molecule has 0 aliphatic heterocycles. The number of rotatable bonds is 6. The highest BCUT2D eigenvalue weighted by Crippen LogP contribution is 2.30. The van der Waals surface area contributed by atoms with E-state index in [2.05, 4.69) is 5.32 Å². The number of aryl methyl sites for hydroxylation is 1. The van der Waals surface area contributed by atoms with Crippen molar-refractivity contribution in [1.82, 2.24) is 5.32 Å². The van der Waals surface area contributed by atoms with Gasteiger partial charge < -0.3 is 15.8 Å². The normalized spacial score (nSPS) is 16.2. The van der Waals surface area contributed by atoms with E-state index >= 15 is 0 Å². The van der Waals surface area contributed by atoms with Crippen molar-refractivity contribution >= 4 is 5.91 Å². The Hall–Kier alpha value is -1.55. The number of hydrogen-bond acceptors (Lipinski definition) is 3. The first-order valence-corrected chi connectivity index (χ1v) is 8.03. The average molecular weight is 304 g/mol. The summed E-state index contributed by atoms with van der Waals surface area (Å²) in [5.74, 6) is 1.45. The highest BCUT2D eigenvalue weighted by molar-refractivity contribution is 5.82. The maximum Gasteiger partial charge on any atom is 0.237 e. The lowest BCUT2D eigenvalue weighted by molar-refractivity contribution is -0.124. The first kappa shape index (κ1) is 16.8. The minimum absolute atomic E-state index is 0.124. The summed E-state index contributed by atoms with van der Waals surface area (Å²) in [4.78, 5) is 12.1. The highest BCUT2D eigenvalue weighted by Gasteiger charge is 2.27. The van der Waals surface area contributed by atoms with Crippen molar-refractivity contribution in [2.24, 2.45) is 17.1 Å². The van der Waals surface area contributed by atoms with Crippen LogP contribution in [0.4, 0.5) is 0 Å². The molecular weight excluding hydrogens is 276 g/mol. The molecular formula is C18H28N2O2. The Labute approximate surface area is 133 Å². The van der Waals surface area contributed by atoms with Gasteiger partial charge in [0.1, 0.15) is 5.75 Å². The van der Waals surface area contributed by atoms with Gasteiger partial charge >= 0.3 is 0 Å². The van der Waals surface area contributed by atoms with Gasteiger partial charge in [0.2, 0.25) is 5.91 Å². The number of nitrogens with one attached hydrogen (secondary N) is 1. The van der Waals surface area contributed by atoms with Crippen LogP contribution < -0.4 is 15.8 Å². The predicted octanol–water partition coefficient (Wildman–Crippen LogP) is 2.77. The molecule has 0 radical (unpaired) electrons. The number of nitrogens with two attached hydrogens (primary N) is 1. The van der Waals surface area contributed by atoms with Crippen molar-refractivity contribution in [2.75, 3.05) is 6.61 Å². The van der Waals surface area contributed by atoms with Gasteiger partial charge in [0, 0.05) is 12.1 Å². The van der Waals surface area contributed by atoms with Crippen LogP contribution in [-0.4, -0.2) is 18.6 Å². The van der Waals surface area contributed by atoms with Gasteiger partial charge in [0.15, 0.2) is 0 Å². The van der Waals surface area contributed by atoms with Crippen molar-refractivity contribution in [3.63, 3.8) is 0 Å². The fourth-order valence-corrected chi connectivity index (χ4v) is 2.12. The third-order valence-electron chi connectivity index (χ3n) is 4.06. The lowest BCUT2D eigenvalue weighted by atomic mass is 9.87. The van der Waals surface area contributed by atoms with Crippen LogP contribution >= 0.6 is 0 Å². The number of benzene rings is 1.